The van der Waals surface area contributed by atoms with Crippen molar-refractivity contribution in [3.63, 3.8) is 0 Å². The molecule has 0 amide bonds. The van der Waals surface area contributed by atoms with Gasteiger partial charge in [0.2, 0.25) is 0 Å². The van der Waals surface area contributed by atoms with Gasteiger partial charge in [-0.1, -0.05) is 0 Å². The molecule has 1 aliphatic carbocycles. The van der Waals surface area contributed by atoms with Gasteiger partial charge >= 0.3 is 0 Å². The largest absolute Gasteiger partial charge is 0.393 e. The first-order valence-corrected chi connectivity index (χ1v) is 6.68. The molecule has 2 N–H and O–H groups in total. The fraction of sp³-hybridized carbons (Fsp3) is 1.00. The molecule has 2 aliphatic heterocycles. The van der Waals surface area contributed by atoms with Crippen molar-refractivity contribution in [2.24, 2.45) is 11.8 Å². The molecular weight excluding hydrogens is 202 g/mol. The van der Waals surface area contributed by atoms with Crippen LogP contribution in [0.15, 0.2) is 0 Å². The maximum absolute atomic E-state index is 10.1. The lowest BCUT2D eigenvalue weighted by Gasteiger charge is -2.42. The van der Waals surface area contributed by atoms with Crippen molar-refractivity contribution in [1.29, 1.82) is 0 Å². The summed E-state index contributed by atoms with van der Waals surface area (Å²) in [7, 11) is 0. The van der Waals surface area contributed by atoms with Gasteiger partial charge < -0.3 is 15.1 Å². The molecule has 1 saturated carbocycles. The Morgan fingerprint density at radius 3 is 1.69 bits per heavy atom. The van der Waals surface area contributed by atoms with E-state index in [4.69, 9.17) is 0 Å². The average molecular weight is 227 g/mol. The Balaban J connectivity index is 2.14. The van der Waals surface area contributed by atoms with Crippen LogP contribution < -0.4 is 0 Å². The lowest BCUT2D eigenvalue weighted by Crippen LogP contribution is -2.48. The number of nitrogens with zero attached hydrogens (tertiary/aromatic N) is 1. The molecule has 2 saturated heterocycles. The highest BCUT2D eigenvalue weighted by Gasteiger charge is 2.34. The summed E-state index contributed by atoms with van der Waals surface area (Å²) in [5, 5.41) is 20.2. The predicted molar refractivity (Wildman–Crippen MR) is 64.2 cm³/mol. The van der Waals surface area contributed by atoms with Crippen LogP contribution in [-0.2, 0) is 0 Å². The monoisotopic (exact) mass is 227 g/mol. The summed E-state index contributed by atoms with van der Waals surface area (Å²) in [6.07, 6.45) is 3.38. The normalized spacial score (nSPS) is 41.8. The molecule has 0 unspecified atom stereocenters. The van der Waals surface area contributed by atoms with Crippen molar-refractivity contribution < 1.29 is 10.2 Å². The summed E-state index contributed by atoms with van der Waals surface area (Å²) < 4.78 is 0. The molecule has 2 heterocycles. The van der Waals surface area contributed by atoms with E-state index in [-0.39, 0.29) is 12.2 Å². The van der Waals surface area contributed by atoms with Gasteiger partial charge in [0.25, 0.3) is 0 Å². The van der Waals surface area contributed by atoms with Gasteiger partial charge in [-0.15, -0.1) is 0 Å². The van der Waals surface area contributed by atoms with E-state index in [0.717, 1.165) is 38.8 Å². The van der Waals surface area contributed by atoms with Crippen molar-refractivity contribution >= 4 is 0 Å². The molecule has 3 nitrogen and oxygen atoms in total. The lowest BCUT2D eigenvalue weighted by atomic mass is 9.79. The third-order valence-corrected chi connectivity index (χ3v) is 4.42. The average Bonchev–Trinajstić information content (AvgIpc) is 2.19. The smallest absolute Gasteiger partial charge is 0.0580 e. The summed E-state index contributed by atoms with van der Waals surface area (Å²) in [5.41, 5.74) is 0. The minimum absolute atomic E-state index is 0.156. The zero-order valence-electron chi connectivity index (χ0n) is 10.5. The van der Waals surface area contributed by atoms with Gasteiger partial charge in [-0.25, -0.2) is 0 Å². The molecular formula is C13H25NO2. The van der Waals surface area contributed by atoms with E-state index < -0.39 is 0 Å². The summed E-state index contributed by atoms with van der Waals surface area (Å²) >= 11 is 0. The van der Waals surface area contributed by atoms with Crippen LogP contribution in [0.25, 0.3) is 0 Å². The number of aliphatic hydroxyl groups is 2. The van der Waals surface area contributed by atoms with Crippen LogP contribution in [0.5, 0.6) is 0 Å². The Labute approximate surface area is 98.5 Å². The summed E-state index contributed by atoms with van der Waals surface area (Å²) in [6, 6.07) is 0.514. The number of fused-ring (bicyclic) bond motifs is 6. The van der Waals surface area contributed by atoms with E-state index in [2.05, 4.69) is 18.7 Å². The van der Waals surface area contributed by atoms with Gasteiger partial charge in [0.05, 0.1) is 12.2 Å². The molecule has 0 spiro atoms. The lowest BCUT2D eigenvalue weighted by molar-refractivity contribution is -0.0313. The second kappa shape index (κ2) is 5.03. The summed E-state index contributed by atoms with van der Waals surface area (Å²) in [6.45, 7) is 6.41. The minimum Gasteiger partial charge on any atom is -0.393 e. The van der Waals surface area contributed by atoms with Crippen LogP contribution in [0.2, 0.25) is 0 Å². The maximum Gasteiger partial charge on any atom is 0.0580 e. The second-order valence-corrected chi connectivity index (χ2v) is 5.86. The SMILES string of the molecule is CC(C)N1C[C@@H]2CC[C@@H](O)[C@@H](CC[C@H]2O)C1. The Kier molecular flexibility index (Phi) is 3.88. The van der Waals surface area contributed by atoms with Crippen LogP contribution in [0.4, 0.5) is 0 Å². The molecule has 0 aromatic rings. The topological polar surface area (TPSA) is 43.7 Å². The maximum atomic E-state index is 10.1. The fourth-order valence-electron chi connectivity index (χ4n) is 3.15. The fourth-order valence-corrected chi connectivity index (χ4v) is 3.15. The van der Waals surface area contributed by atoms with E-state index in [1.54, 1.807) is 0 Å². The van der Waals surface area contributed by atoms with Crippen LogP contribution in [0.3, 0.4) is 0 Å². The zero-order chi connectivity index (χ0) is 11.7. The molecule has 3 heteroatoms. The molecule has 16 heavy (non-hydrogen) atoms. The summed E-state index contributed by atoms with van der Waals surface area (Å²) in [4.78, 5) is 2.43. The molecule has 3 fully saturated rings. The highest BCUT2D eigenvalue weighted by molar-refractivity contribution is 4.87. The zero-order valence-corrected chi connectivity index (χ0v) is 10.5. The van der Waals surface area contributed by atoms with Gasteiger partial charge in [0, 0.05) is 19.1 Å². The molecule has 0 aromatic heterocycles. The Hall–Kier alpha value is -0.120. The molecule has 2 bridgehead atoms. The first-order chi connectivity index (χ1) is 7.58. The van der Waals surface area contributed by atoms with E-state index >= 15 is 0 Å². The second-order valence-electron chi connectivity index (χ2n) is 5.86. The van der Waals surface area contributed by atoms with E-state index in [0.29, 0.717) is 17.9 Å². The Morgan fingerprint density at radius 2 is 1.31 bits per heavy atom. The molecule has 3 rings (SSSR count). The third kappa shape index (κ3) is 2.58. The van der Waals surface area contributed by atoms with Gasteiger partial charge in [0.15, 0.2) is 0 Å². The van der Waals surface area contributed by atoms with Gasteiger partial charge in [-0.2, -0.15) is 0 Å². The van der Waals surface area contributed by atoms with Gasteiger partial charge in [0.1, 0.15) is 0 Å². The standard InChI is InChI=1S/C13H25NO2/c1-9(2)14-7-10-3-5-12(15)11(8-14)4-6-13(10)16/h9-13,15-16H,3-8H2,1-2H3/t10-,11-,12+,13+/m0/s1. The van der Waals surface area contributed by atoms with Crippen LogP contribution in [-0.4, -0.2) is 46.5 Å². The number of aliphatic hydroxyl groups excluding tert-OH is 2. The third-order valence-electron chi connectivity index (χ3n) is 4.42. The Bertz CT molecular complexity index is 212. The number of rotatable bonds is 1. The highest BCUT2D eigenvalue weighted by atomic mass is 16.3. The van der Waals surface area contributed by atoms with Crippen molar-refractivity contribution in [2.45, 2.75) is 57.8 Å². The quantitative estimate of drug-likeness (QED) is 0.708. The molecule has 0 aromatic carbocycles. The Morgan fingerprint density at radius 1 is 0.875 bits per heavy atom. The van der Waals surface area contributed by atoms with Gasteiger partial charge in [-0.3, -0.25) is 0 Å². The molecule has 3 aliphatic rings. The number of hydrogen-bond acceptors (Lipinski definition) is 3. The predicted octanol–water partition coefficient (Wildman–Crippen LogP) is 1.24. The van der Waals surface area contributed by atoms with Crippen LogP contribution >= 0.6 is 0 Å². The minimum atomic E-state index is -0.156. The van der Waals surface area contributed by atoms with Gasteiger partial charge in [-0.05, 0) is 51.4 Å². The van der Waals surface area contributed by atoms with Crippen molar-refractivity contribution in [2.75, 3.05) is 13.1 Å². The van der Waals surface area contributed by atoms with Crippen molar-refractivity contribution in [3.05, 3.63) is 0 Å². The molecule has 4 atom stereocenters. The van der Waals surface area contributed by atoms with Crippen molar-refractivity contribution in [1.82, 2.24) is 4.90 Å². The molecule has 0 radical (unpaired) electrons. The summed E-state index contributed by atoms with van der Waals surface area (Å²) in [5.74, 6) is 0.719. The van der Waals surface area contributed by atoms with Crippen LogP contribution in [0, 0.1) is 11.8 Å². The van der Waals surface area contributed by atoms with Crippen molar-refractivity contribution in [3.8, 4) is 0 Å². The molecule has 94 valence electrons. The number of hydrogen-bond donors (Lipinski definition) is 2. The highest BCUT2D eigenvalue weighted by Crippen LogP contribution is 2.32. The van der Waals surface area contributed by atoms with E-state index in [9.17, 15) is 10.2 Å². The first-order valence-electron chi connectivity index (χ1n) is 6.68. The van der Waals surface area contributed by atoms with E-state index in [1.165, 1.54) is 0 Å². The first kappa shape index (κ1) is 12.3. The van der Waals surface area contributed by atoms with E-state index in [1.807, 2.05) is 0 Å². The van der Waals surface area contributed by atoms with Crippen LogP contribution in [0.1, 0.15) is 39.5 Å².